The van der Waals surface area contributed by atoms with Gasteiger partial charge in [-0.1, -0.05) is 24.8 Å². The molecule has 5 heteroatoms. The van der Waals surface area contributed by atoms with Crippen LogP contribution in [0.2, 0.25) is 0 Å². The monoisotopic (exact) mass is 282 g/mol. The zero-order valence-corrected chi connectivity index (χ0v) is 11.5. The van der Waals surface area contributed by atoms with Crippen LogP contribution in [0.5, 0.6) is 0 Å². The molecule has 0 spiro atoms. The molecule has 1 aromatic rings. The van der Waals surface area contributed by atoms with Gasteiger partial charge in [0.15, 0.2) is 0 Å². The molecule has 0 heterocycles. The molecule has 1 saturated carbocycles. The maximum Gasteiger partial charge on any atom is 0.297 e. The summed E-state index contributed by atoms with van der Waals surface area (Å²) < 4.78 is 29.4. The van der Waals surface area contributed by atoms with E-state index in [2.05, 4.69) is 6.58 Å². The first-order chi connectivity index (χ1) is 9.01. The molecule has 19 heavy (non-hydrogen) atoms. The Morgan fingerprint density at radius 3 is 2.26 bits per heavy atom. The maximum absolute atomic E-state index is 12.1. The van der Waals surface area contributed by atoms with Crippen molar-refractivity contribution in [1.82, 2.24) is 0 Å². The molecule has 1 fully saturated rings. The van der Waals surface area contributed by atoms with Gasteiger partial charge in [-0.25, -0.2) is 0 Å². The Balaban J connectivity index is 2.07. The van der Waals surface area contributed by atoms with Gasteiger partial charge >= 0.3 is 0 Å². The standard InChI is InChI=1S/C14H18O4S/c1-2-11-3-9-14(10-4-11)19(16,17)18-13-7-5-12(15)6-8-13/h2-4,9-10,12-13,15H,1,5-8H2. The largest absolute Gasteiger partial charge is 0.393 e. The van der Waals surface area contributed by atoms with Crippen LogP contribution in [0.25, 0.3) is 6.08 Å². The SMILES string of the molecule is C=Cc1ccc(S(=O)(=O)OC2CCC(O)CC2)cc1. The Morgan fingerprint density at radius 2 is 1.74 bits per heavy atom. The lowest BCUT2D eigenvalue weighted by Crippen LogP contribution is -2.26. The fourth-order valence-electron chi connectivity index (χ4n) is 2.15. The molecule has 0 aromatic heterocycles. The molecule has 4 nitrogen and oxygen atoms in total. The second kappa shape index (κ2) is 5.86. The molecule has 0 saturated heterocycles. The zero-order chi connectivity index (χ0) is 13.9. The van der Waals surface area contributed by atoms with Crippen molar-refractivity contribution in [3.05, 3.63) is 36.4 Å². The van der Waals surface area contributed by atoms with Crippen molar-refractivity contribution in [3.63, 3.8) is 0 Å². The van der Waals surface area contributed by atoms with Crippen LogP contribution in [-0.4, -0.2) is 25.7 Å². The maximum atomic E-state index is 12.1. The summed E-state index contributed by atoms with van der Waals surface area (Å²) in [4.78, 5) is 0.157. The molecule has 1 aromatic carbocycles. The van der Waals surface area contributed by atoms with Crippen LogP contribution in [-0.2, 0) is 14.3 Å². The fraction of sp³-hybridized carbons (Fsp3) is 0.429. The van der Waals surface area contributed by atoms with Crippen LogP contribution in [0.3, 0.4) is 0 Å². The minimum atomic E-state index is -3.72. The molecular formula is C14H18O4S. The highest BCUT2D eigenvalue weighted by Crippen LogP contribution is 2.25. The lowest BCUT2D eigenvalue weighted by molar-refractivity contribution is 0.0695. The van der Waals surface area contributed by atoms with Gasteiger partial charge in [0.2, 0.25) is 0 Å². The van der Waals surface area contributed by atoms with Gasteiger partial charge in [0.05, 0.1) is 17.1 Å². The van der Waals surface area contributed by atoms with Gasteiger partial charge in [-0.05, 0) is 43.4 Å². The number of hydrogen-bond acceptors (Lipinski definition) is 4. The first kappa shape index (κ1) is 14.2. The summed E-state index contributed by atoms with van der Waals surface area (Å²) in [5.41, 5.74) is 0.861. The van der Waals surface area contributed by atoms with Crippen molar-refractivity contribution in [2.75, 3.05) is 0 Å². The average Bonchev–Trinajstić information content (AvgIpc) is 2.41. The van der Waals surface area contributed by atoms with E-state index in [9.17, 15) is 13.5 Å². The molecule has 1 N–H and O–H groups in total. The van der Waals surface area contributed by atoms with Crippen molar-refractivity contribution in [2.45, 2.75) is 42.8 Å². The third-order valence-electron chi connectivity index (χ3n) is 3.31. The summed E-state index contributed by atoms with van der Waals surface area (Å²) >= 11 is 0. The lowest BCUT2D eigenvalue weighted by atomic mass is 9.95. The molecule has 0 aliphatic heterocycles. The molecule has 104 valence electrons. The van der Waals surface area contributed by atoms with Crippen LogP contribution in [0, 0.1) is 0 Å². The summed E-state index contributed by atoms with van der Waals surface area (Å²) in [5, 5.41) is 9.39. The highest BCUT2D eigenvalue weighted by Gasteiger charge is 2.26. The second-order valence-corrected chi connectivity index (χ2v) is 6.33. The average molecular weight is 282 g/mol. The molecule has 2 rings (SSSR count). The minimum Gasteiger partial charge on any atom is -0.393 e. The van der Waals surface area contributed by atoms with E-state index in [1.54, 1.807) is 18.2 Å². The fourth-order valence-corrected chi connectivity index (χ4v) is 3.28. The van der Waals surface area contributed by atoms with Gasteiger partial charge in [-0.3, -0.25) is 4.18 Å². The highest BCUT2D eigenvalue weighted by atomic mass is 32.2. The van der Waals surface area contributed by atoms with Crippen LogP contribution in [0.1, 0.15) is 31.2 Å². The van der Waals surface area contributed by atoms with E-state index < -0.39 is 10.1 Å². The van der Waals surface area contributed by atoms with Gasteiger partial charge < -0.3 is 5.11 Å². The summed E-state index contributed by atoms with van der Waals surface area (Å²) in [5.74, 6) is 0. The van der Waals surface area contributed by atoms with E-state index in [-0.39, 0.29) is 17.1 Å². The summed E-state index contributed by atoms with van der Waals surface area (Å²) in [7, 11) is -3.72. The van der Waals surface area contributed by atoms with Crippen molar-refractivity contribution < 1.29 is 17.7 Å². The summed E-state index contributed by atoms with van der Waals surface area (Å²) in [6.45, 7) is 3.62. The number of hydrogen-bond donors (Lipinski definition) is 1. The van der Waals surface area contributed by atoms with E-state index in [1.165, 1.54) is 12.1 Å². The van der Waals surface area contributed by atoms with E-state index in [0.717, 1.165) is 5.56 Å². The van der Waals surface area contributed by atoms with Gasteiger partial charge in [-0.2, -0.15) is 8.42 Å². The number of aliphatic hydroxyl groups is 1. The normalized spacial score (nSPS) is 24.1. The number of benzene rings is 1. The second-order valence-electron chi connectivity index (χ2n) is 4.75. The smallest absolute Gasteiger partial charge is 0.297 e. The predicted molar refractivity (Wildman–Crippen MR) is 73.1 cm³/mol. The topological polar surface area (TPSA) is 63.6 Å². The highest BCUT2D eigenvalue weighted by molar-refractivity contribution is 7.86. The molecule has 0 radical (unpaired) electrons. The van der Waals surface area contributed by atoms with Gasteiger partial charge in [0.25, 0.3) is 10.1 Å². The Bertz CT molecular complexity index is 525. The van der Waals surface area contributed by atoms with Gasteiger partial charge in [0.1, 0.15) is 0 Å². The van der Waals surface area contributed by atoms with E-state index in [4.69, 9.17) is 4.18 Å². The quantitative estimate of drug-likeness (QED) is 0.861. The third kappa shape index (κ3) is 3.65. The molecule has 0 bridgehead atoms. The predicted octanol–water partition coefficient (Wildman–Crippen LogP) is 2.34. The Labute approximate surface area is 113 Å². The Morgan fingerprint density at radius 1 is 1.16 bits per heavy atom. The number of rotatable bonds is 4. The molecule has 0 amide bonds. The molecule has 1 aliphatic rings. The van der Waals surface area contributed by atoms with E-state index in [1.807, 2.05) is 0 Å². The molecule has 1 aliphatic carbocycles. The lowest BCUT2D eigenvalue weighted by Gasteiger charge is -2.24. The zero-order valence-electron chi connectivity index (χ0n) is 10.7. The molecule has 0 atom stereocenters. The number of aliphatic hydroxyl groups excluding tert-OH is 1. The van der Waals surface area contributed by atoms with Crippen LogP contribution in [0.4, 0.5) is 0 Å². The molecular weight excluding hydrogens is 264 g/mol. The minimum absolute atomic E-state index is 0.157. The first-order valence-electron chi connectivity index (χ1n) is 6.35. The third-order valence-corrected chi connectivity index (χ3v) is 4.69. The first-order valence-corrected chi connectivity index (χ1v) is 7.76. The van der Waals surface area contributed by atoms with Gasteiger partial charge in [0, 0.05) is 0 Å². The van der Waals surface area contributed by atoms with Crippen molar-refractivity contribution in [3.8, 4) is 0 Å². The van der Waals surface area contributed by atoms with Crippen molar-refractivity contribution >= 4 is 16.2 Å². The van der Waals surface area contributed by atoms with Crippen LogP contribution >= 0.6 is 0 Å². The van der Waals surface area contributed by atoms with Crippen molar-refractivity contribution in [2.24, 2.45) is 0 Å². The van der Waals surface area contributed by atoms with Gasteiger partial charge in [-0.15, -0.1) is 0 Å². The van der Waals surface area contributed by atoms with Crippen molar-refractivity contribution in [1.29, 1.82) is 0 Å². The molecule has 0 unspecified atom stereocenters. The van der Waals surface area contributed by atoms with Crippen LogP contribution in [0.15, 0.2) is 35.7 Å². The van der Waals surface area contributed by atoms with E-state index >= 15 is 0 Å². The Kier molecular flexibility index (Phi) is 4.39. The van der Waals surface area contributed by atoms with Crippen LogP contribution < -0.4 is 0 Å². The van der Waals surface area contributed by atoms with E-state index in [0.29, 0.717) is 25.7 Å². The summed E-state index contributed by atoms with van der Waals surface area (Å²) in [6.07, 6.45) is 3.34. The Hall–Kier alpha value is -1.17. The summed E-state index contributed by atoms with van der Waals surface area (Å²) in [6, 6.07) is 6.41.